The van der Waals surface area contributed by atoms with Crippen molar-refractivity contribution in [3.8, 4) is 17.2 Å². The molecular weight excluding hydrogens is 403 g/mol. The fraction of sp³-hybridized carbons (Fsp3) is 0.375. The van der Waals surface area contributed by atoms with Gasteiger partial charge in [0.1, 0.15) is 0 Å². The number of carboxylic acids is 1. The average Bonchev–Trinajstić information content (AvgIpc) is 3.20. The Morgan fingerprint density at radius 3 is 2.77 bits per heavy atom. The minimum absolute atomic E-state index is 0.0735. The van der Waals surface area contributed by atoms with E-state index in [9.17, 15) is 9.18 Å². The number of fused-ring (bicyclic) bond motifs is 1. The number of aliphatic carboxylic acids is 1. The molecule has 2 heterocycles. The Morgan fingerprint density at radius 2 is 2.03 bits per heavy atom. The molecule has 7 heteroatoms. The van der Waals surface area contributed by atoms with Crippen LogP contribution in [0.4, 0.5) is 4.39 Å². The quantitative estimate of drug-likeness (QED) is 0.664. The van der Waals surface area contributed by atoms with Gasteiger partial charge in [-0.2, -0.15) is 0 Å². The Kier molecular flexibility index (Phi) is 5.87. The molecule has 0 aliphatic carbocycles. The second kappa shape index (κ2) is 8.59. The molecule has 6 nitrogen and oxygen atoms in total. The molecule has 0 bridgehead atoms. The number of rotatable bonds is 6. The molecule has 0 saturated carbocycles. The van der Waals surface area contributed by atoms with Gasteiger partial charge in [-0.05, 0) is 44.0 Å². The maximum atomic E-state index is 14.5. The Bertz CT molecular complexity index is 1000. The number of halogens is 1. The van der Waals surface area contributed by atoms with Gasteiger partial charge in [0.15, 0.2) is 29.7 Å². The van der Waals surface area contributed by atoms with Crippen molar-refractivity contribution in [1.82, 2.24) is 0 Å². The summed E-state index contributed by atoms with van der Waals surface area (Å²) in [4.78, 5) is 11.0. The van der Waals surface area contributed by atoms with E-state index in [1.165, 1.54) is 6.07 Å². The van der Waals surface area contributed by atoms with Crippen molar-refractivity contribution in [1.29, 1.82) is 0 Å². The first-order valence-corrected chi connectivity index (χ1v) is 10.2. The number of hydrogen-bond acceptors (Lipinski definition) is 5. The summed E-state index contributed by atoms with van der Waals surface area (Å²) >= 11 is 0. The van der Waals surface area contributed by atoms with Crippen LogP contribution in [-0.2, 0) is 9.53 Å². The molecule has 4 rings (SSSR count). The van der Waals surface area contributed by atoms with Crippen LogP contribution >= 0.6 is 0 Å². The van der Waals surface area contributed by atoms with Gasteiger partial charge >= 0.3 is 5.97 Å². The minimum atomic E-state index is -1.17. The highest BCUT2D eigenvalue weighted by atomic mass is 19.1. The minimum Gasteiger partial charge on any atom is -0.479 e. The van der Waals surface area contributed by atoms with Gasteiger partial charge in [0.2, 0.25) is 6.79 Å². The van der Waals surface area contributed by atoms with Crippen LogP contribution in [0, 0.1) is 11.7 Å². The van der Waals surface area contributed by atoms with Gasteiger partial charge in [0, 0.05) is 17.4 Å². The van der Waals surface area contributed by atoms with Crippen molar-refractivity contribution in [3.05, 3.63) is 65.5 Å². The lowest BCUT2D eigenvalue weighted by Gasteiger charge is -2.41. The van der Waals surface area contributed by atoms with Gasteiger partial charge in [-0.1, -0.05) is 30.4 Å². The van der Waals surface area contributed by atoms with Crippen LogP contribution in [0.1, 0.15) is 43.4 Å². The molecule has 0 unspecified atom stereocenters. The van der Waals surface area contributed by atoms with Crippen molar-refractivity contribution in [2.75, 3.05) is 13.4 Å². The van der Waals surface area contributed by atoms with E-state index in [1.54, 1.807) is 12.1 Å². The highest BCUT2D eigenvalue weighted by molar-refractivity contribution is 5.68. The molecule has 31 heavy (non-hydrogen) atoms. The summed E-state index contributed by atoms with van der Waals surface area (Å²) in [5, 5.41) is 8.96. The lowest BCUT2D eigenvalue weighted by Crippen LogP contribution is -2.34. The average molecular weight is 428 g/mol. The summed E-state index contributed by atoms with van der Waals surface area (Å²) in [5.74, 6) is -0.477. The van der Waals surface area contributed by atoms with Crippen LogP contribution in [-0.4, -0.2) is 30.6 Å². The molecule has 0 spiro atoms. The van der Waals surface area contributed by atoms with Gasteiger partial charge in [-0.3, -0.25) is 0 Å². The summed E-state index contributed by atoms with van der Waals surface area (Å²) in [6.45, 7) is 7.62. The molecule has 0 aromatic heterocycles. The summed E-state index contributed by atoms with van der Waals surface area (Å²) in [6, 6.07) is 10.4. The normalized spacial score (nSPS) is 24.6. The van der Waals surface area contributed by atoms with Crippen LogP contribution in [0.3, 0.4) is 0 Å². The van der Waals surface area contributed by atoms with Crippen LogP contribution < -0.4 is 14.2 Å². The van der Waals surface area contributed by atoms with E-state index in [-0.39, 0.29) is 30.5 Å². The molecule has 4 atom stereocenters. The molecular formula is C24H25FO6. The number of carbonyl (C=O) groups is 1. The monoisotopic (exact) mass is 428 g/mol. The van der Waals surface area contributed by atoms with Crippen molar-refractivity contribution in [2.45, 2.75) is 38.4 Å². The van der Waals surface area contributed by atoms with Crippen molar-refractivity contribution in [2.24, 2.45) is 5.92 Å². The lowest BCUT2D eigenvalue weighted by atomic mass is 9.76. The first-order valence-electron chi connectivity index (χ1n) is 10.2. The van der Waals surface area contributed by atoms with E-state index in [2.05, 4.69) is 6.58 Å². The highest BCUT2D eigenvalue weighted by Gasteiger charge is 2.40. The highest BCUT2D eigenvalue weighted by Crippen LogP contribution is 2.49. The smallest absolute Gasteiger partial charge is 0.341 e. The molecule has 2 aromatic carbocycles. The Balaban J connectivity index is 1.65. The third kappa shape index (κ3) is 4.23. The van der Waals surface area contributed by atoms with Gasteiger partial charge in [0.05, 0.1) is 12.2 Å². The first kappa shape index (κ1) is 21.2. The molecule has 1 saturated heterocycles. The number of ether oxygens (including phenoxy) is 4. The fourth-order valence-electron chi connectivity index (χ4n) is 4.35. The predicted molar refractivity (Wildman–Crippen MR) is 111 cm³/mol. The Hall–Kier alpha value is -3.06. The van der Waals surface area contributed by atoms with Crippen molar-refractivity contribution < 1.29 is 33.2 Å². The maximum absolute atomic E-state index is 14.5. The molecule has 164 valence electrons. The molecule has 1 N–H and O–H groups in total. The molecule has 0 amide bonds. The lowest BCUT2D eigenvalue weighted by molar-refractivity contribution is -0.139. The molecule has 2 aliphatic heterocycles. The zero-order valence-corrected chi connectivity index (χ0v) is 17.5. The molecule has 2 aliphatic rings. The zero-order chi connectivity index (χ0) is 22.1. The number of benzene rings is 2. The van der Waals surface area contributed by atoms with E-state index in [1.807, 2.05) is 32.0 Å². The Morgan fingerprint density at radius 1 is 1.26 bits per heavy atom. The second-order valence-electron chi connectivity index (χ2n) is 8.01. The predicted octanol–water partition coefficient (Wildman–Crippen LogP) is 4.84. The van der Waals surface area contributed by atoms with Gasteiger partial charge in [-0.25, -0.2) is 9.18 Å². The van der Waals surface area contributed by atoms with E-state index < -0.39 is 24.5 Å². The van der Waals surface area contributed by atoms with Crippen LogP contribution in [0.2, 0.25) is 0 Å². The summed E-state index contributed by atoms with van der Waals surface area (Å²) in [5.41, 5.74) is 2.46. The Labute approximate surface area is 180 Å². The standard InChI is InChI=1S/C24H25FO6/c1-13(2)17-10-18(15-7-8-20-21(9-15)30-12-29-20)14(3)31-23(17)16-5-4-6-19(25)24(16)28-11-22(26)27/h4-9,14,17-18,23H,1,10-12H2,2-3H3,(H,26,27)/t14-,17+,18-,23+/m0/s1. The number of carboxylic acid groups (broad SMARTS) is 1. The second-order valence-corrected chi connectivity index (χ2v) is 8.01. The topological polar surface area (TPSA) is 74.2 Å². The van der Waals surface area contributed by atoms with E-state index in [0.29, 0.717) is 11.3 Å². The van der Waals surface area contributed by atoms with Gasteiger partial charge in [0.25, 0.3) is 0 Å². The van der Waals surface area contributed by atoms with Crippen LogP contribution in [0.25, 0.3) is 0 Å². The van der Waals surface area contributed by atoms with E-state index in [0.717, 1.165) is 23.3 Å². The number of hydrogen-bond donors (Lipinski definition) is 1. The van der Waals surface area contributed by atoms with Crippen molar-refractivity contribution in [3.63, 3.8) is 0 Å². The van der Waals surface area contributed by atoms with E-state index >= 15 is 0 Å². The van der Waals surface area contributed by atoms with Crippen molar-refractivity contribution >= 4 is 5.97 Å². The molecule has 0 radical (unpaired) electrons. The third-order valence-electron chi connectivity index (χ3n) is 5.90. The van der Waals surface area contributed by atoms with E-state index in [4.69, 9.17) is 24.1 Å². The maximum Gasteiger partial charge on any atom is 0.341 e. The summed E-state index contributed by atoms with van der Waals surface area (Å²) in [6.07, 6.45) is 0.0456. The van der Waals surface area contributed by atoms with Gasteiger partial charge in [-0.15, -0.1) is 0 Å². The van der Waals surface area contributed by atoms with Crippen LogP contribution in [0.15, 0.2) is 48.6 Å². The SMILES string of the molecule is C=C(C)[C@H]1C[C@H](c2ccc3c(c2)OCO3)[C@H](C)O[C@@H]1c1cccc(F)c1OCC(=O)O. The third-order valence-corrected chi connectivity index (χ3v) is 5.90. The van der Waals surface area contributed by atoms with Crippen LogP contribution in [0.5, 0.6) is 17.2 Å². The summed E-state index contributed by atoms with van der Waals surface area (Å²) in [7, 11) is 0. The fourth-order valence-corrected chi connectivity index (χ4v) is 4.35. The number of para-hydroxylation sites is 1. The molecule has 2 aromatic rings. The first-order chi connectivity index (χ1) is 14.8. The largest absolute Gasteiger partial charge is 0.479 e. The summed E-state index contributed by atoms with van der Waals surface area (Å²) < 4.78 is 37.2. The molecule has 1 fully saturated rings. The zero-order valence-electron chi connectivity index (χ0n) is 17.5. The van der Waals surface area contributed by atoms with Gasteiger partial charge < -0.3 is 24.1 Å².